The van der Waals surface area contributed by atoms with Crippen molar-refractivity contribution in [3.8, 4) is 0 Å². The summed E-state index contributed by atoms with van der Waals surface area (Å²) < 4.78 is 5.01. The molecule has 0 fully saturated rings. The topological polar surface area (TPSA) is 9.23 Å². The Morgan fingerprint density at radius 3 is 2.55 bits per heavy atom. The lowest BCUT2D eigenvalue weighted by Crippen LogP contribution is -2.05. The predicted octanol–water partition coefficient (Wildman–Crippen LogP) is 3.37. The molecule has 0 saturated carbocycles. The lowest BCUT2D eigenvalue weighted by atomic mass is 10.1. The summed E-state index contributed by atoms with van der Waals surface area (Å²) in [7, 11) is 1.75. The van der Waals surface area contributed by atoms with E-state index >= 15 is 0 Å². The first kappa shape index (κ1) is 11.4. The third-order valence-electron chi connectivity index (χ3n) is 1.72. The summed E-state index contributed by atoms with van der Waals surface area (Å²) in [6.45, 7) is 3.08. The molecule has 68 valence electrons. The molecule has 0 aliphatic heterocycles. The number of hydrogen-bond donors (Lipinski definition) is 0. The van der Waals surface area contributed by atoms with Crippen LogP contribution in [0.4, 0.5) is 0 Å². The van der Waals surface area contributed by atoms with Crippen LogP contribution >= 0.6 is 15.9 Å². The molecule has 0 aliphatic rings. The van der Waals surface area contributed by atoms with Crippen LogP contribution < -0.4 is 0 Å². The molecule has 0 rings (SSSR count). The number of methoxy groups -OCH3 is 1. The van der Waals surface area contributed by atoms with Crippen molar-refractivity contribution < 1.29 is 4.74 Å². The highest BCUT2D eigenvalue weighted by Gasteiger charge is 2.01. The maximum Gasteiger partial charge on any atom is 0.0587 e. The summed E-state index contributed by atoms with van der Waals surface area (Å²) in [5.41, 5.74) is 0. The minimum atomic E-state index is 0.560. The lowest BCUT2D eigenvalue weighted by molar-refractivity contribution is 0.197. The van der Waals surface area contributed by atoms with Gasteiger partial charge in [0.05, 0.1) is 6.61 Å². The summed E-state index contributed by atoms with van der Waals surface area (Å²) in [6.07, 6.45) is 6.62. The molecular formula is C9H19BrO. The SMILES string of the molecule is CCCCCCC(Br)COC. The summed E-state index contributed by atoms with van der Waals surface area (Å²) in [4.78, 5) is 0.560. The monoisotopic (exact) mass is 222 g/mol. The summed E-state index contributed by atoms with van der Waals surface area (Å²) in [5, 5.41) is 0. The standard InChI is InChI=1S/C9H19BrO/c1-3-4-5-6-7-9(10)8-11-2/h9H,3-8H2,1-2H3. The fraction of sp³-hybridized carbons (Fsp3) is 1.00. The van der Waals surface area contributed by atoms with Crippen molar-refractivity contribution in [2.75, 3.05) is 13.7 Å². The fourth-order valence-corrected chi connectivity index (χ4v) is 1.64. The van der Waals surface area contributed by atoms with Crippen molar-refractivity contribution in [1.29, 1.82) is 0 Å². The molecule has 1 atom stereocenters. The molecule has 0 aliphatic carbocycles. The van der Waals surface area contributed by atoms with Gasteiger partial charge in [-0.2, -0.15) is 0 Å². The first-order chi connectivity index (χ1) is 5.31. The Morgan fingerprint density at radius 2 is 2.00 bits per heavy atom. The Bertz CT molecular complexity index is 76.0. The molecule has 0 saturated heterocycles. The highest BCUT2D eigenvalue weighted by atomic mass is 79.9. The second kappa shape index (κ2) is 8.54. The van der Waals surface area contributed by atoms with E-state index in [0.29, 0.717) is 4.83 Å². The molecule has 0 radical (unpaired) electrons. The van der Waals surface area contributed by atoms with Crippen LogP contribution in [-0.4, -0.2) is 18.5 Å². The van der Waals surface area contributed by atoms with Gasteiger partial charge in [0, 0.05) is 11.9 Å². The van der Waals surface area contributed by atoms with Crippen LogP contribution in [-0.2, 0) is 4.74 Å². The molecule has 1 nitrogen and oxygen atoms in total. The van der Waals surface area contributed by atoms with Crippen LogP contribution in [0.3, 0.4) is 0 Å². The second-order valence-electron chi connectivity index (χ2n) is 2.90. The fourth-order valence-electron chi connectivity index (χ4n) is 1.06. The van der Waals surface area contributed by atoms with Gasteiger partial charge in [0.1, 0.15) is 0 Å². The Hall–Kier alpha value is 0.440. The van der Waals surface area contributed by atoms with Crippen LogP contribution in [0.2, 0.25) is 0 Å². The highest BCUT2D eigenvalue weighted by Crippen LogP contribution is 2.11. The molecule has 0 heterocycles. The van der Waals surface area contributed by atoms with E-state index in [1.165, 1.54) is 32.1 Å². The van der Waals surface area contributed by atoms with E-state index in [2.05, 4.69) is 22.9 Å². The Balaban J connectivity index is 2.97. The Labute approximate surface area is 78.6 Å². The molecule has 0 bridgehead atoms. The number of alkyl halides is 1. The van der Waals surface area contributed by atoms with Gasteiger partial charge in [-0.25, -0.2) is 0 Å². The summed E-state index contributed by atoms with van der Waals surface area (Å²) in [5.74, 6) is 0. The van der Waals surface area contributed by atoms with Crippen molar-refractivity contribution in [3.05, 3.63) is 0 Å². The van der Waals surface area contributed by atoms with Crippen LogP contribution in [0.15, 0.2) is 0 Å². The molecule has 0 aromatic carbocycles. The summed E-state index contributed by atoms with van der Waals surface area (Å²) in [6, 6.07) is 0. The highest BCUT2D eigenvalue weighted by molar-refractivity contribution is 9.09. The third kappa shape index (κ3) is 8.35. The average molecular weight is 223 g/mol. The number of unbranched alkanes of at least 4 members (excludes halogenated alkanes) is 3. The quantitative estimate of drug-likeness (QED) is 0.475. The van der Waals surface area contributed by atoms with E-state index in [9.17, 15) is 0 Å². The maximum atomic E-state index is 5.01. The molecule has 2 heteroatoms. The lowest BCUT2D eigenvalue weighted by Gasteiger charge is -2.06. The molecule has 0 aromatic rings. The average Bonchev–Trinajstić information content (AvgIpc) is 1.99. The van der Waals surface area contributed by atoms with Crippen LogP contribution in [0.1, 0.15) is 39.0 Å². The van der Waals surface area contributed by atoms with Crippen LogP contribution in [0.25, 0.3) is 0 Å². The van der Waals surface area contributed by atoms with Gasteiger partial charge in [0.15, 0.2) is 0 Å². The molecule has 1 unspecified atom stereocenters. The molecule has 0 amide bonds. The third-order valence-corrected chi connectivity index (χ3v) is 2.44. The van der Waals surface area contributed by atoms with Gasteiger partial charge in [0.25, 0.3) is 0 Å². The first-order valence-electron chi connectivity index (χ1n) is 4.44. The molecule has 0 aromatic heterocycles. The zero-order valence-corrected chi connectivity index (χ0v) is 9.19. The van der Waals surface area contributed by atoms with Gasteiger partial charge >= 0.3 is 0 Å². The zero-order valence-electron chi connectivity index (χ0n) is 7.61. The largest absolute Gasteiger partial charge is 0.384 e. The molecule has 0 N–H and O–H groups in total. The van der Waals surface area contributed by atoms with Crippen molar-refractivity contribution in [1.82, 2.24) is 0 Å². The zero-order chi connectivity index (χ0) is 8.53. The number of rotatable bonds is 7. The second-order valence-corrected chi connectivity index (χ2v) is 4.20. The minimum absolute atomic E-state index is 0.560. The van der Waals surface area contributed by atoms with Gasteiger partial charge in [-0.15, -0.1) is 0 Å². The number of ether oxygens (including phenoxy) is 1. The number of hydrogen-bond acceptors (Lipinski definition) is 1. The van der Waals surface area contributed by atoms with Gasteiger partial charge in [-0.05, 0) is 6.42 Å². The van der Waals surface area contributed by atoms with Gasteiger partial charge in [-0.3, -0.25) is 0 Å². The van der Waals surface area contributed by atoms with Crippen LogP contribution in [0.5, 0.6) is 0 Å². The van der Waals surface area contributed by atoms with E-state index in [1.807, 2.05) is 0 Å². The first-order valence-corrected chi connectivity index (χ1v) is 5.35. The molecular weight excluding hydrogens is 204 g/mol. The summed E-state index contributed by atoms with van der Waals surface area (Å²) >= 11 is 3.57. The Morgan fingerprint density at radius 1 is 1.27 bits per heavy atom. The van der Waals surface area contributed by atoms with Crippen molar-refractivity contribution in [3.63, 3.8) is 0 Å². The molecule has 0 spiro atoms. The van der Waals surface area contributed by atoms with Gasteiger partial charge in [-0.1, -0.05) is 48.5 Å². The van der Waals surface area contributed by atoms with Crippen molar-refractivity contribution in [2.45, 2.75) is 43.9 Å². The van der Waals surface area contributed by atoms with Gasteiger partial charge in [0.2, 0.25) is 0 Å². The van der Waals surface area contributed by atoms with Crippen LogP contribution in [0, 0.1) is 0 Å². The van der Waals surface area contributed by atoms with Crippen molar-refractivity contribution >= 4 is 15.9 Å². The van der Waals surface area contributed by atoms with E-state index < -0.39 is 0 Å². The van der Waals surface area contributed by atoms with E-state index in [1.54, 1.807) is 7.11 Å². The smallest absolute Gasteiger partial charge is 0.0587 e. The molecule has 11 heavy (non-hydrogen) atoms. The van der Waals surface area contributed by atoms with E-state index in [-0.39, 0.29) is 0 Å². The van der Waals surface area contributed by atoms with Gasteiger partial charge < -0.3 is 4.74 Å². The van der Waals surface area contributed by atoms with E-state index in [4.69, 9.17) is 4.74 Å². The number of halogens is 1. The minimum Gasteiger partial charge on any atom is -0.384 e. The normalized spacial score (nSPS) is 13.4. The van der Waals surface area contributed by atoms with Crippen molar-refractivity contribution in [2.24, 2.45) is 0 Å². The predicted molar refractivity (Wildman–Crippen MR) is 53.4 cm³/mol. The maximum absolute atomic E-state index is 5.01. The Kier molecular flexibility index (Phi) is 8.88. The van der Waals surface area contributed by atoms with E-state index in [0.717, 1.165) is 6.61 Å².